The molecule has 0 saturated heterocycles. The van der Waals surface area contributed by atoms with Crippen molar-refractivity contribution >= 4 is 5.70 Å². The van der Waals surface area contributed by atoms with Gasteiger partial charge in [-0.15, -0.1) is 0 Å². The zero-order valence-electron chi connectivity index (χ0n) is 5.23. The fraction of sp³-hybridized carbons (Fsp3) is 0. The molecular formula is C5H7N5. The molecule has 1 rings (SSSR count). The standard InChI is InChI=1S/C5H7N5/c6-1-4(7)5-9-2-8-3-10-5/h1-3H,6-7H2. The summed E-state index contributed by atoms with van der Waals surface area (Å²) >= 11 is 0. The number of nitrogens with zero attached hydrogens (tertiary/aromatic N) is 3. The lowest BCUT2D eigenvalue weighted by Crippen LogP contribution is -2.04. The average Bonchev–Trinajstić information content (AvgIpc) is 2.05. The van der Waals surface area contributed by atoms with Crippen molar-refractivity contribution in [3.63, 3.8) is 0 Å². The lowest BCUT2D eigenvalue weighted by molar-refractivity contribution is 1.01. The fourth-order valence-corrected chi connectivity index (χ4v) is 0.463. The lowest BCUT2D eigenvalue weighted by atomic mass is 10.4. The van der Waals surface area contributed by atoms with Crippen LogP contribution in [0.15, 0.2) is 18.9 Å². The second kappa shape index (κ2) is 2.77. The summed E-state index contributed by atoms with van der Waals surface area (Å²) in [6.45, 7) is 0. The molecule has 0 bridgehead atoms. The molecule has 1 aromatic heterocycles. The van der Waals surface area contributed by atoms with Gasteiger partial charge in [0.05, 0.1) is 5.70 Å². The Hall–Kier alpha value is -1.65. The van der Waals surface area contributed by atoms with Crippen LogP contribution in [0.5, 0.6) is 0 Å². The van der Waals surface area contributed by atoms with E-state index in [1.54, 1.807) is 0 Å². The number of nitrogens with two attached hydrogens (primary N) is 2. The summed E-state index contributed by atoms with van der Waals surface area (Å²) in [7, 11) is 0. The highest BCUT2D eigenvalue weighted by Crippen LogP contribution is 1.94. The highest BCUT2D eigenvalue weighted by Gasteiger charge is 1.94. The van der Waals surface area contributed by atoms with Crippen molar-refractivity contribution < 1.29 is 0 Å². The monoisotopic (exact) mass is 137 g/mol. The molecule has 0 spiro atoms. The van der Waals surface area contributed by atoms with Gasteiger partial charge in [0.25, 0.3) is 0 Å². The minimum absolute atomic E-state index is 0.349. The molecule has 10 heavy (non-hydrogen) atoms. The summed E-state index contributed by atoms with van der Waals surface area (Å²) in [5.74, 6) is 0.400. The molecule has 0 fully saturated rings. The van der Waals surface area contributed by atoms with Gasteiger partial charge in [-0.2, -0.15) is 0 Å². The quantitative estimate of drug-likeness (QED) is 0.522. The van der Waals surface area contributed by atoms with E-state index in [2.05, 4.69) is 15.0 Å². The number of aromatic nitrogens is 3. The van der Waals surface area contributed by atoms with Crippen LogP contribution in [-0.4, -0.2) is 15.0 Å². The summed E-state index contributed by atoms with van der Waals surface area (Å²) < 4.78 is 0. The maximum Gasteiger partial charge on any atom is 0.179 e. The molecule has 0 aromatic carbocycles. The van der Waals surface area contributed by atoms with Crippen molar-refractivity contribution in [3.8, 4) is 0 Å². The summed E-state index contributed by atoms with van der Waals surface area (Å²) in [5, 5.41) is 0. The van der Waals surface area contributed by atoms with Crippen molar-refractivity contribution in [1.29, 1.82) is 0 Å². The topological polar surface area (TPSA) is 90.7 Å². The highest BCUT2D eigenvalue weighted by atomic mass is 15.0. The molecule has 0 aliphatic carbocycles. The van der Waals surface area contributed by atoms with Crippen LogP contribution in [0.3, 0.4) is 0 Å². The molecule has 1 aromatic rings. The molecule has 0 saturated carbocycles. The van der Waals surface area contributed by atoms with E-state index < -0.39 is 0 Å². The van der Waals surface area contributed by atoms with E-state index >= 15 is 0 Å². The molecule has 52 valence electrons. The van der Waals surface area contributed by atoms with Gasteiger partial charge in [0.15, 0.2) is 5.82 Å². The molecule has 0 aliphatic rings. The molecular weight excluding hydrogens is 130 g/mol. The summed E-state index contributed by atoms with van der Waals surface area (Å²) in [5.41, 5.74) is 10.8. The normalized spacial score (nSPS) is 11.4. The van der Waals surface area contributed by atoms with Crippen molar-refractivity contribution in [3.05, 3.63) is 24.7 Å². The highest BCUT2D eigenvalue weighted by molar-refractivity contribution is 5.54. The predicted molar refractivity (Wildman–Crippen MR) is 36.2 cm³/mol. The second-order valence-electron chi connectivity index (χ2n) is 1.58. The Morgan fingerprint density at radius 3 is 2.50 bits per heavy atom. The second-order valence-corrected chi connectivity index (χ2v) is 1.58. The summed E-state index contributed by atoms with van der Waals surface area (Å²) in [4.78, 5) is 11.1. The maximum absolute atomic E-state index is 5.38. The van der Waals surface area contributed by atoms with Gasteiger partial charge < -0.3 is 11.5 Å². The van der Waals surface area contributed by atoms with Gasteiger partial charge in [0.1, 0.15) is 12.7 Å². The zero-order valence-corrected chi connectivity index (χ0v) is 5.23. The Morgan fingerprint density at radius 2 is 2.00 bits per heavy atom. The van der Waals surface area contributed by atoms with Crippen LogP contribution in [0.2, 0.25) is 0 Å². The van der Waals surface area contributed by atoms with Crippen LogP contribution in [0.4, 0.5) is 0 Å². The van der Waals surface area contributed by atoms with E-state index in [4.69, 9.17) is 11.5 Å². The Labute approximate surface area is 57.8 Å². The minimum Gasteiger partial charge on any atom is -0.403 e. The van der Waals surface area contributed by atoms with Crippen molar-refractivity contribution in [1.82, 2.24) is 15.0 Å². The van der Waals surface area contributed by atoms with Crippen LogP contribution in [0.1, 0.15) is 5.82 Å². The van der Waals surface area contributed by atoms with E-state index in [0.29, 0.717) is 11.5 Å². The van der Waals surface area contributed by atoms with Gasteiger partial charge in [0.2, 0.25) is 0 Å². The SMILES string of the molecule is NC=C(N)c1ncncn1. The molecule has 0 unspecified atom stereocenters. The van der Waals surface area contributed by atoms with E-state index in [1.807, 2.05) is 0 Å². The first-order chi connectivity index (χ1) is 4.84. The number of hydrogen-bond donors (Lipinski definition) is 2. The van der Waals surface area contributed by atoms with Crippen molar-refractivity contribution in [2.24, 2.45) is 11.5 Å². The molecule has 1 heterocycles. The molecule has 0 aliphatic heterocycles. The van der Waals surface area contributed by atoms with Gasteiger partial charge in [0, 0.05) is 6.20 Å². The van der Waals surface area contributed by atoms with Crippen LogP contribution < -0.4 is 11.5 Å². The van der Waals surface area contributed by atoms with Gasteiger partial charge in [-0.1, -0.05) is 0 Å². The third-order valence-corrected chi connectivity index (χ3v) is 0.931. The molecule has 5 heteroatoms. The van der Waals surface area contributed by atoms with Gasteiger partial charge >= 0.3 is 0 Å². The van der Waals surface area contributed by atoms with Gasteiger partial charge in [-0.3, -0.25) is 0 Å². The van der Waals surface area contributed by atoms with Crippen LogP contribution >= 0.6 is 0 Å². The maximum atomic E-state index is 5.38. The van der Waals surface area contributed by atoms with Crippen molar-refractivity contribution in [2.75, 3.05) is 0 Å². The summed E-state index contributed by atoms with van der Waals surface area (Å²) in [6.07, 6.45) is 3.96. The summed E-state index contributed by atoms with van der Waals surface area (Å²) in [6, 6.07) is 0. The molecule has 0 amide bonds. The molecule has 0 atom stereocenters. The number of hydrogen-bond acceptors (Lipinski definition) is 5. The van der Waals surface area contributed by atoms with E-state index in [9.17, 15) is 0 Å². The van der Waals surface area contributed by atoms with E-state index in [-0.39, 0.29) is 0 Å². The first kappa shape index (κ1) is 6.47. The van der Waals surface area contributed by atoms with Crippen LogP contribution in [-0.2, 0) is 0 Å². The van der Waals surface area contributed by atoms with E-state index in [0.717, 1.165) is 0 Å². The Kier molecular flexibility index (Phi) is 1.79. The average molecular weight is 137 g/mol. The zero-order chi connectivity index (χ0) is 7.40. The number of rotatable bonds is 1. The van der Waals surface area contributed by atoms with Gasteiger partial charge in [-0.25, -0.2) is 15.0 Å². The largest absolute Gasteiger partial charge is 0.403 e. The lowest BCUT2D eigenvalue weighted by Gasteiger charge is -1.93. The molecule has 5 nitrogen and oxygen atoms in total. The van der Waals surface area contributed by atoms with Crippen molar-refractivity contribution in [2.45, 2.75) is 0 Å². The smallest absolute Gasteiger partial charge is 0.179 e. The van der Waals surface area contributed by atoms with E-state index in [1.165, 1.54) is 18.9 Å². The molecule has 4 N–H and O–H groups in total. The first-order valence-electron chi connectivity index (χ1n) is 2.64. The Morgan fingerprint density at radius 1 is 1.40 bits per heavy atom. The van der Waals surface area contributed by atoms with Gasteiger partial charge in [-0.05, 0) is 0 Å². The predicted octanol–water partition coefficient (Wildman–Crippen LogP) is -0.913. The Balaban J connectivity index is 2.96. The molecule has 0 radical (unpaired) electrons. The van der Waals surface area contributed by atoms with Crippen LogP contribution in [0.25, 0.3) is 5.70 Å². The minimum atomic E-state index is 0.349. The third kappa shape index (κ3) is 1.19. The third-order valence-electron chi connectivity index (χ3n) is 0.931. The van der Waals surface area contributed by atoms with Crippen LogP contribution in [0, 0.1) is 0 Å². The fourth-order valence-electron chi connectivity index (χ4n) is 0.463. The Bertz CT molecular complexity index is 229. The first-order valence-corrected chi connectivity index (χ1v) is 2.64.